The van der Waals surface area contributed by atoms with E-state index in [9.17, 15) is 9.59 Å². The maximum atomic E-state index is 13.4. The van der Waals surface area contributed by atoms with Crippen LogP contribution in [0.2, 0.25) is 0 Å². The molecule has 0 spiro atoms. The summed E-state index contributed by atoms with van der Waals surface area (Å²) in [6, 6.07) is 15.8. The third kappa shape index (κ3) is 3.07. The molecule has 1 saturated heterocycles. The molecule has 1 aromatic heterocycles. The number of aromatic amines is 1. The molecule has 2 aliphatic heterocycles. The number of amides is 2. The zero-order valence-electron chi connectivity index (χ0n) is 18.0. The zero-order valence-corrected chi connectivity index (χ0v) is 18.0. The number of benzene rings is 2. The van der Waals surface area contributed by atoms with Gasteiger partial charge in [0.25, 0.3) is 0 Å². The number of carbonyl (C=O) groups excluding carboxylic acids is 2. The van der Waals surface area contributed by atoms with E-state index < -0.39 is 6.04 Å². The summed E-state index contributed by atoms with van der Waals surface area (Å²) in [7, 11) is 0. The van der Waals surface area contributed by atoms with E-state index in [2.05, 4.69) is 61.8 Å². The molecule has 0 saturated carbocycles. The normalized spacial score (nSPS) is 20.9. The minimum absolute atomic E-state index is 0.000711. The Hall–Kier alpha value is -3.34. The van der Waals surface area contributed by atoms with Crippen LogP contribution in [0.25, 0.3) is 10.9 Å². The van der Waals surface area contributed by atoms with E-state index in [0.717, 1.165) is 27.7 Å². The van der Waals surface area contributed by atoms with Gasteiger partial charge < -0.3 is 14.8 Å². The second-order valence-electron chi connectivity index (χ2n) is 8.82. The van der Waals surface area contributed by atoms with Gasteiger partial charge in [-0.15, -0.1) is 6.58 Å². The molecule has 0 radical (unpaired) electrons. The summed E-state index contributed by atoms with van der Waals surface area (Å²) in [4.78, 5) is 33.7. The third-order valence-corrected chi connectivity index (χ3v) is 6.61. The summed E-state index contributed by atoms with van der Waals surface area (Å²) >= 11 is 0. The molecule has 1 fully saturated rings. The Morgan fingerprint density at radius 2 is 1.87 bits per heavy atom. The summed E-state index contributed by atoms with van der Waals surface area (Å²) in [6.45, 7) is 8.57. The fraction of sp³-hybridized carbons (Fsp3) is 0.308. The van der Waals surface area contributed by atoms with Crippen molar-refractivity contribution in [3.05, 3.63) is 83.6 Å². The van der Waals surface area contributed by atoms with Gasteiger partial charge in [-0.1, -0.05) is 62.4 Å². The number of nitrogens with one attached hydrogen (secondary N) is 1. The Labute approximate surface area is 182 Å². The molecule has 3 heterocycles. The van der Waals surface area contributed by atoms with Gasteiger partial charge in [0.2, 0.25) is 11.8 Å². The number of carbonyl (C=O) groups is 2. The molecule has 0 aliphatic carbocycles. The van der Waals surface area contributed by atoms with Crippen molar-refractivity contribution in [1.29, 1.82) is 0 Å². The van der Waals surface area contributed by atoms with Crippen LogP contribution in [-0.2, 0) is 16.0 Å². The average molecular weight is 414 g/mol. The zero-order chi connectivity index (χ0) is 21.7. The molecule has 2 amide bonds. The van der Waals surface area contributed by atoms with Gasteiger partial charge in [-0.2, -0.15) is 0 Å². The number of hydrogen-bond acceptors (Lipinski definition) is 2. The molecule has 5 rings (SSSR count). The number of aromatic nitrogens is 1. The SMILES string of the molecule is C=CCN1CC(=O)N2[C@H](c3ccc(C(C)C)cc3)c3[nH]c4ccccc4c3C[C@H]2C1=O. The molecular formula is C26H27N3O2. The Bertz CT molecular complexity index is 1180. The van der Waals surface area contributed by atoms with Crippen LogP contribution in [0.15, 0.2) is 61.2 Å². The number of rotatable bonds is 4. The van der Waals surface area contributed by atoms with Crippen molar-refractivity contribution in [2.45, 2.75) is 38.3 Å². The summed E-state index contributed by atoms with van der Waals surface area (Å²) in [5, 5.41) is 1.13. The lowest BCUT2D eigenvalue weighted by Crippen LogP contribution is -2.62. The fourth-order valence-corrected chi connectivity index (χ4v) is 5.04. The minimum atomic E-state index is -0.498. The second kappa shape index (κ2) is 7.41. The topological polar surface area (TPSA) is 56.4 Å². The highest BCUT2D eigenvalue weighted by Gasteiger charge is 2.47. The van der Waals surface area contributed by atoms with Crippen molar-refractivity contribution in [1.82, 2.24) is 14.8 Å². The van der Waals surface area contributed by atoms with Crippen molar-refractivity contribution < 1.29 is 9.59 Å². The van der Waals surface area contributed by atoms with Crippen molar-refractivity contribution in [3.8, 4) is 0 Å². The predicted molar refractivity (Wildman–Crippen MR) is 122 cm³/mol. The van der Waals surface area contributed by atoms with Crippen LogP contribution in [0.1, 0.15) is 48.2 Å². The number of hydrogen-bond donors (Lipinski definition) is 1. The van der Waals surface area contributed by atoms with Gasteiger partial charge in [-0.05, 0) is 28.7 Å². The van der Waals surface area contributed by atoms with Crippen molar-refractivity contribution in [2.24, 2.45) is 0 Å². The van der Waals surface area contributed by atoms with Gasteiger partial charge in [0.15, 0.2) is 0 Å². The first kappa shape index (κ1) is 19.6. The fourth-order valence-electron chi connectivity index (χ4n) is 5.04. The molecule has 5 nitrogen and oxygen atoms in total. The lowest BCUT2D eigenvalue weighted by Gasteiger charge is -2.47. The third-order valence-electron chi connectivity index (χ3n) is 6.61. The van der Waals surface area contributed by atoms with Crippen molar-refractivity contribution in [3.63, 3.8) is 0 Å². The molecule has 0 bridgehead atoms. The van der Waals surface area contributed by atoms with Crippen LogP contribution >= 0.6 is 0 Å². The van der Waals surface area contributed by atoms with Crippen LogP contribution in [0.3, 0.4) is 0 Å². The minimum Gasteiger partial charge on any atom is -0.356 e. The highest BCUT2D eigenvalue weighted by Crippen LogP contribution is 2.42. The van der Waals surface area contributed by atoms with Gasteiger partial charge in [-0.25, -0.2) is 0 Å². The van der Waals surface area contributed by atoms with Gasteiger partial charge in [-0.3, -0.25) is 9.59 Å². The lowest BCUT2D eigenvalue weighted by molar-refractivity contribution is -0.158. The number of piperazine rings is 1. The Balaban J connectivity index is 1.68. The van der Waals surface area contributed by atoms with E-state index in [4.69, 9.17) is 0 Å². The van der Waals surface area contributed by atoms with Gasteiger partial charge in [0.1, 0.15) is 12.6 Å². The first-order chi connectivity index (χ1) is 15.0. The van der Waals surface area contributed by atoms with Crippen LogP contribution in [0, 0.1) is 0 Å². The first-order valence-electron chi connectivity index (χ1n) is 10.9. The van der Waals surface area contributed by atoms with Crippen LogP contribution in [0.4, 0.5) is 0 Å². The number of fused-ring (bicyclic) bond motifs is 4. The first-order valence-corrected chi connectivity index (χ1v) is 10.9. The molecule has 31 heavy (non-hydrogen) atoms. The maximum Gasteiger partial charge on any atom is 0.246 e. The number of para-hydroxylation sites is 1. The van der Waals surface area contributed by atoms with E-state index in [-0.39, 0.29) is 24.4 Å². The summed E-state index contributed by atoms with van der Waals surface area (Å²) in [5.41, 5.74) is 5.48. The Kier molecular flexibility index (Phi) is 4.69. The molecule has 2 aliphatic rings. The van der Waals surface area contributed by atoms with Crippen molar-refractivity contribution in [2.75, 3.05) is 13.1 Å². The van der Waals surface area contributed by atoms with Gasteiger partial charge >= 0.3 is 0 Å². The molecule has 158 valence electrons. The largest absolute Gasteiger partial charge is 0.356 e. The average Bonchev–Trinajstić information content (AvgIpc) is 3.14. The molecule has 1 N–H and O–H groups in total. The maximum absolute atomic E-state index is 13.4. The van der Waals surface area contributed by atoms with E-state index >= 15 is 0 Å². The van der Waals surface area contributed by atoms with Gasteiger partial charge in [0, 0.05) is 29.6 Å². The summed E-state index contributed by atoms with van der Waals surface area (Å²) in [6.07, 6.45) is 2.21. The predicted octanol–water partition coefficient (Wildman–Crippen LogP) is 4.16. The highest BCUT2D eigenvalue weighted by molar-refractivity contribution is 5.97. The second-order valence-corrected chi connectivity index (χ2v) is 8.82. The summed E-state index contributed by atoms with van der Waals surface area (Å²) in [5.74, 6) is 0.412. The van der Waals surface area contributed by atoms with E-state index in [0.29, 0.717) is 18.9 Å². The molecule has 5 heteroatoms. The smallest absolute Gasteiger partial charge is 0.246 e. The van der Waals surface area contributed by atoms with E-state index in [1.54, 1.807) is 11.0 Å². The van der Waals surface area contributed by atoms with Crippen LogP contribution < -0.4 is 0 Å². The highest BCUT2D eigenvalue weighted by atomic mass is 16.2. The number of H-pyrrole nitrogens is 1. The van der Waals surface area contributed by atoms with Gasteiger partial charge in [0.05, 0.1) is 6.04 Å². The van der Waals surface area contributed by atoms with Crippen LogP contribution in [0.5, 0.6) is 0 Å². The van der Waals surface area contributed by atoms with E-state index in [1.807, 2.05) is 17.0 Å². The van der Waals surface area contributed by atoms with E-state index in [1.165, 1.54) is 5.56 Å². The van der Waals surface area contributed by atoms with Crippen molar-refractivity contribution >= 4 is 22.7 Å². The monoisotopic (exact) mass is 413 g/mol. The quantitative estimate of drug-likeness (QED) is 0.653. The Morgan fingerprint density at radius 1 is 1.13 bits per heavy atom. The molecule has 3 aromatic rings. The Morgan fingerprint density at radius 3 is 2.58 bits per heavy atom. The van der Waals surface area contributed by atoms with Crippen LogP contribution in [-0.4, -0.2) is 45.7 Å². The molecule has 0 unspecified atom stereocenters. The lowest BCUT2D eigenvalue weighted by atomic mass is 9.85. The standard InChI is InChI=1S/C26H27N3O2/c1-4-13-28-15-23(30)29-22(26(28)31)14-20-19-7-5-6-8-21(19)27-24(20)25(29)18-11-9-17(10-12-18)16(2)3/h4-12,16,22,25,27H,1,13-15H2,2-3H3/t22-,25+/m0/s1. The number of nitrogens with zero attached hydrogens (tertiary/aromatic N) is 2. The molecule has 2 atom stereocenters. The molecular weight excluding hydrogens is 386 g/mol. The summed E-state index contributed by atoms with van der Waals surface area (Å²) < 4.78 is 0. The molecule has 2 aromatic carbocycles.